The predicted molar refractivity (Wildman–Crippen MR) is 180 cm³/mol. The highest BCUT2D eigenvalue weighted by atomic mass is 19.1. The van der Waals surface area contributed by atoms with Crippen LogP contribution in [0.2, 0.25) is 0 Å². The van der Waals surface area contributed by atoms with Crippen molar-refractivity contribution < 1.29 is 4.39 Å². The molecule has 8 heteroatoms. The molecular formula is C35H42FN7. The van der Waals surface area contributed by atoms with Gasteiger partial charge in [0.1, 0.15) is 17.0 Å². The molecule has 224 valence electrons. The lowest BCUT2D eigenvalue weighted by atomic mass is 9.96. The number of H-pyrrole nitrogens is 2. The first kappa shape index (κ1) is 31.4. The number of nitrogens with zero attached hydrogens (tertiary/aromatic N) is 3. The van der Waals surface area contributed by atoms with Crippen molar-refractivity contribution in [3.63, 3.8) is 0 Å². The lowest BCUT2D eigenvalue weighted by Gasteiger charge is -2.14. The highest BCUT2D eigenvalue weighted by Gasteiger charge is 2.18. The molecule has 3 heterocycles. The molecule has 0 saturated carbocycles. The molecule has 4 aromatic rings. The zero-order chi connectivity index (χ0) is 30.9. The minimum absolute atomic E-state index is 0.304. The monoisotopic (exact) mass is 579 g/mol. The molecule has 0 amide bonds. The van der Waals surface area contributed by atoms with Gasteiger partial charge in [-0.05, 0) is 99.2 Å². The van der Waals surface area contributed by atoms with Gasteiger partial charge >= 0.3 is 0 Å². The number of pyridine rings is 1. The van der Waals surface area contributed by atoms with Crippen LogP contribution in [0.5, 0.6) is 0 Å². The molecule has 4 rings (SSSR count). The van der Waals surface area contributed by atoms with Crippen molar-refractivity contribution in [3.05, 3.63) is 114 Å². The maximum atomic E-state index is 14.8. The summed E-state index contributed by atoms with van der Waals surface area (Å²) in [6.07, 6.45) is 9.66. The lowest BCUT2D eigenvalue weighted by Crippen LogP contribution is -2.20. The van der Waals surface area contributed by atoms with Crippen LogP contribution in [-0.4, -0.2) is 65.3 Å². The van der Waals surface area contributed by atoms with Gasteiger partial charge in [-0.2, -0.15) is 5.10 Å². The largest absolute Gasteiger partial charge is 0.384 e. The van der Waals surface area contributed by atoms with E-state index in [1.807, 2.05) is 64.4 Å². The molecule has 1 aromatic carbocycles. The number of rotatable bonds is 14. The summed E-state index contributed by atoms with van der Waals surface area (Å²) in [6, 6.07) is 11.1. The molecule has 7 nitrogen and oxygen atoms in total. The van der Waals surface area contributed by atoms with Crippen molar-refractivity contribution in [1.29, 1.82) is 0 Å². The molecule has 0 aliphatic carbocycles. The Morgan fingerprint density at radius 3 is 2.65 bits per heavy atom. The Labute approximate surface area is 254 Å². The van der Waals surface area contributed by atoms with Crippen LogP contribution in [0.25, 0.3) is 33.6 Å². The number of aryl methyl sites for hydroxylation is 1. The summed E-state index contributed by atoms with van der Waals surface area (Å²) in [5.41, 5.74) is 10.3. The Morgan fingerprint density at radius 1 is 1.14 bits per heavy atom. The van der Waals surface area contributed by atoms with Gasteiger partial charge in [-0.25, -0.2) is 9.37 Å². The minimum Gasteiger partial charge on any atom is -0.384 e. The molecular weight excluding hydrogens is 537 g/mol. The van der Waals surface area contributed by atoms with E-state index in [4.69, 9.17) is 4.98 Å². The van der Waals surface area contributed by atoms with Gasteiger partial charge < -0.3 is 20.5 Å². The highest BCUT2D eigenvalue weighted by Crippen LogP contribution is 2.34. The minimum atomic E-state index is -0.304. The van der Waals surface area contributed by atoms with Crippen LogP contribution in [-0.2, 0) is 0 Å². The fraction of sp³-hybridized carbons (Fsp3) is 0.257. The van der Waals surface area contributed by atoms with Crippen LogP contribution >= 0.6 is 0 Å². The average Bonchev–Trinajstić information content (AvgIpc) is 3.58. The molecule has 43 heavy (non-hydrogen) atoms. The molecule has 3 aromatic heterocycles. The molecule has 0 fully saturated rings. The van der Waals surface area contributed by atoms with Gasteiger partial charge in [0.05, 0.1) is 16.9 Å². The van der Waals surface area contributed by atoms with Gasteiger partial charge in [0.15, 0.2) is 0 Å². The van der Waals surface area contributed by atoms with E-state index in [-0.39, 0.29) is 5.82 Å². The maximum absolute atomic E-state index is 14.8. The van der Waals surface area contributed by atoms with E-state index in [1.54, 1.807) is 12.1 Å². The predicted octanol–water partition coefficient (Wildman–Crippen LogP) is 7.12. The molecule has 4 N–H and O–H groups in total. The number of allylic oxidation sites excluding steroid dienone is 5. The standard InChI is InChI=1S/C35H42FN7/c1-8-12-29(26-18-27(36)20-28(19-26)38-15-16-43(6)7)30-21-33(39-23(30)5)35-34-32(41-42-35)14-13-31(40-34)25(10-3)17-24(9-2)22-37-11-4/h8-10,12-14,17-21,37-39H,1-2,11,15-16,22H2,3-7H3,(H,41,42)/b24-17+,25-10+,29-12-. The topological polar surface area (TPSA) is 84.7 Å². The SMILES string of the molecule is C=C/C=C(/c1cc(F)cc(NCCN(C)C)c1)c1cc(-c2n[nH]c3ccc(C(/C=C(\C=C)CNCC)=C/C)nc23)[nH]c1C. The van der Waals surface area contributed by atoms with Crippen molar-refractivity contribution >= 4 is 27.9 Å². The Bertz CT molecular complexity index is 1680. The van der Waals surface area contributed by atoms with Gasteiger partial charge in [0.25, 0.3) is 0 Å². The molecule has 0 aliphatic heterocycles. The third-order valence-corrected chi connectivity index (χ3v) is 7.14. The second kappa shape index (κ2) is 14.6. The second-order valence-electron chi connectivity index (χ2n) is 10.6. The molecule has 0 radical (unpaired) electrons. The van der Waals surface area contributed by atoms with Crippen LogP contribution in [0.3, 0.4) is 0 Å². The number of nitrogens with one attached hydrogen (secondary N) is 4. The van der Waals surface area contributed by atoms with Crippen molar-refractivity contribution in [1.82, 2.24) is 30.4 Å². The first-order valence-electron chi connectivity index (χ1n) is 14.6. The quantitative estimate of drug-likeness (QED) is 0.120. The second-order valence-corrected chi connectivity index (χ2v) is 10.6. The summed E-state index contributed by atoms with van der Waals surface area (Å²) in [4.78, 5) is 10.6. The number of fused-ring (bicyclic) bond motifs is 1. The number of hydrogen-bond acceptors (Lipinski definition) is 5. The summed E-state index contributed by atoms with van der Waals surface area (Å²) >= 11 is 0. The Morgan fingerprint density at radius 2 is 1.95 bits per heavy atom. The van der Waals surface area contributed by atoms with Crippen LogP contribution in [0.4, 0.5) is 10.1 Å². The van der Waals surface area contributed by atoms with Crippen molar-refractivity contribution in [3.8, 4) is 11.4 Å². The van der Waals surface area contributed by atoms with Crippen LogP contribution < -0.4 is 10.6 Å². The summed E-state index contributed by atoms with van der Waals surface area (Å²) < 4.78 is 14.8. The van der Waals surface area contributed by atoms with Crippen molar-refractivity contribution in [2.75, 3.05) is 45.6 Å². The summed E-state index contributed by atoms with van der Waals surface area (Å²) in [7, 11) is 4.02. The van der Waals surface area contributed by atoms with Gasteiger partial charge in [-0.15, -0.1) is 0 Å². The van der Waals surface area contributed by atoms with Gasteiger partial charge in [-0.1, -0.05) is 44.4 Å². The molecule has 0 spiro atoms. The molecule has 0 unspecified atom stereocenters. The molecule has 0 bridgehead atoms. The number of aromatic amines is 2. The number of benzene rings is 1. The number of aromatic nitrogens is 4. The smallest absolute Gasteiger partial charge is 0.135 e. The number of hydrogen-bond donors (Lipinski definition) is 4. The van der Waals surface area contributed by atoms with E-state index >= 15 is 0 Å². The lowest BCUT2D eigenvalue weighted by molar-refractivity contribution is 0.425. The normalized spacial score (nSPS) is 12.8. The maximum Gasteiger partial charge on any atom is 0.135 e. The van der Waals surface area contributed by atoms with E-state index < -0.39 is 0 Å². The Balaban J connectivity index is 1.72. The third kappa shape index (κ3) is 7.66. The number of halogens is 1. The Hall–Kier alpha value is -4.53. The van der Waals surface area contributed by atoms with E-state index in [1.165, 1.54) is 6.07 Å². The summed E-state index contributed by atoms with van der Waals surface area (Å²) in [6.45, 7) is 17.1. The van der Waals surface area contributed by atoms with Crippen molar-refractivity contribution in [2.45, 2.75) is 20.8 Å². The van der Waals surface area contributed by atoms with Gasteiger partial charge in [0.2, 0.25) is 0 Å². The van der Waals surface area contributed by atoms with Crippen LogP contribution in [0, 0.1) is 12.7 Å². The summed E-state index contributed by atoms with van der Waals surface area (Å²) in [5, 5.41) is 14.4. The zero-order valence-corrected chi connectivity index (χ0v) is 25.8. The average molecular weight is 580 g/mol. The molecule has 0 saturated heterocycles. The third-order valence-electron chi connectivity index (χ3n) is 7.14. The number of anilines is 1. The van der Waals surface area contributed by atoms with E-state index in [2.05, 4.69) is 62.9 Å². The van der Waals surface area contributed by atoms with Crippen LogP contribution in [0.15, 0.2) is 85.5 Å². The first-order chi connectivity index (χ1) is 20.8. The first-order valence-corrected chi connectivity index (χ1v) is 14.6. The highest BCUT2D eigenvalue weighted by molar-refractivity contribution is 5.92. The van der Waals surface area contributed by atoms with Gasteiger partial charge in [0, 0.05) is 36.6 Å². The van der Waals surface area contributed by atoms with E-state index in [0.29, 0.717) is 12.2 Å². The number of likely N-dealkylation sites (N-methyl/N-ethyl adjacent to an activating group) is 2. The molecule has 0 aliphatic rings. The van der Waals surface area contributed by atoms with Crippen LogP contribution in [0.1, 0.15) is 36.4 Å². The fourth-order valence-electron chi connectivity index (χ4n) is 4.90. The Kier molecular flexibility index (Phi) is 10.6. The molecule has 0 atom stereocenters. The van der Waals surface area contributed by atoms with Crippen molar-refractivity contribution in [2.24, 2.45) is 0 Å². The fourth-order valence-corrected chi connectivity index (χ4v) is 4.90. The van der Waals surface area contributed by atoms with E-state index in [0.717, 1.165) is 81.3 Å². The van der Waals surface area contributed by atoms with E-state index in [9.17, 15) is 4.39 Å². The summed E-state index contributed by atoms with van der Waals surface area (Å²) in [5.74, 6) is -0.304. The van der Waals surface area contributed by atoms with Gasteiger partial charge in [-0.3, -0.25) is 5.10 Å². The zero-order valence-electron chi connectivity index (χ0n) is 25.8.